The Bertz CT molecular complexity index is 345. The van der Waals surface area contributed by atoms with Crippen molar-refractivity contribution >= 4 is 5.78 Å². The van der Waals surface area contributed by atoms with Crippen molar-refractivity contribution in [2.24, 2.45) is 17.8 Å². The van der Waals surface area contributed by atoms with E-state index >= 15 is 0 Å². The highest BCUT2D eigenvalue weighted by molar-refractivity contribution is 5.82. The van der Waals surface area contributed by atoms with E-state index in [0.717, 1.165) is 24.7 Å². The second-order valence-corrected chi connectivity index (χ2v) is 6.21. The summed E-state index contributed by atoms with van der Waals surface area (Å²) < 4.78 is 0. The van der Waals surface area contributed by atoms with Gasteiger partial charge in [0.2, 0.25) is 0 Å². The molecular formula is C15H24N2O. The minimum atomic E-state index is 0.111. The Kier molecular flexibility index (Phi) is 4.40. The van der Waals surface area contributed by atoms with Gasteiger partial charge >= 0.3 is 0 Å². The van der Waals surface area contributed by atoms with Crippen LogP contribution >= 0.6 is 0 Å². The van der Waals surface area contributed by atoms with E-state index in [2.05, 4.69) is 18.7 Å². The highest BCUT2D eigenvalue weighted by atomic mass is 16.1. The lowest BCUT2D eigenvalue weighted by molar-refractivity contribution is -0.124. The van der Waals surface area contributed by atoms with Crippen LogP contribution in [-0.4, -0.2) is 29.8 Å². The molecule has 0 aromatic carbocycles. The highest BCUT2D eigenvalue weighted by Crippen LogP contribution is 2.40. The zero-order valence-corrected chi connectivity index (χ0v) is 11.6. The van der Waals surface area contributed by atoms with Gasteiger partial charge < -0.3 is 4.90 Å². The molecule has 3 heteroatoms. The van der Waals surface area contributed by atoms with Gasteiger partial charge in [0.05, 0.1) is 12.5 Å². The summed E-state index contributed by atoms with van der Waals surface area (Å²) in [5.74, 6) is 1.87. The molecule has 0 aromatic rings. The number of nitrogens with zero attached hydrogens (tertiary/aromatic N) is 2. The lowest BCUT2D eigenvalue weighted by atomic mass is 9.69. The maximum Gasteiger partial charge on any atom is 0.149 e. The van der Waals surface area contributed by atoms with Crippen molar-refractivity contribution < 1.29 is 4.79 Å². The number of hydrogen-bond acceptors (Lipinski definition) is 3. The van der Waals surface area contributed by atoms with Crippen LogP contribution in [0.5, 0.6) is 0 Å². The number of fused-ring (bicyclic) bond motifs is 1. The molecule has 1 saturated carbocycles. The van der Waals surface area contributed by atoms with Gasteiger partial charge in [-0.1, -0.05) is 0 Å². The zero-order valence-electron chi connectivity index (χ0n) is 11.6. The number of hydrogen-bond donors (Lipinski definition) is 0. The van der Waals surface area contributed by atoms with Crippen LogP contribution in [0.4, 0.5) is 0 Å². The van der Waals surface area contributed by atoms with E-state index in [9.17, 15) is 4.79 Å². The number of carbonyl (C=O) groups is 1. The Morgan fingerprint density at radius 1 is 1.33 bits per heavy atom. The van der Waals surface area contributed by atoms with Crippen molar-refractivity contribution in [3.05, 3.63) is 0 Å². The number of Topliss-reactive ketones (excluding diaryl/α,β-unsaturated/α-hetero) is 1. The van der Waals surface area contributed by atoms with Crippen LogP contribution in [0.2, 0.25) is 0 Å². The molecule has 1 aliphatic carbocycles. The van der Waals surface area contributed by atoms with E-state index in [1.54, 1.807) is 0 Å². The Morgan fingerprint density at radius 3 is 2.78 bits per heavy atom. The van der Waals surface area contributed by atoms with E-state index < -0.39 is 0 Å². The smallest absolute Gasteiger partial charge is 0.149 e. The van der Waals surface area contributed by atoms with Gasteiger partial charge in [-0.15, -0.1) is 0 Å². The van der Waals surface area contributed by atoms with E-state index in [4.69, 9.17) is 5.26 Å². The first-order valence-corrected chi connectivity index (χ1v) is 7.25. The summed E-state index contributed by atoms with van der Waals surface area (Å²) in [4.78, 5) is 14.4. The Labute approximate surface area is 110 Å². The summed E-state index contributed by atoms with van der Waals surface area (Å²) in [5, 5.41) is 8.62. The van der Waals surface area contributed by atoms with E-state index in [1.807, 2.05) is 6.07 Å². The highest BCUT2D eigenvalue weighted by Gasteiger charge is 2.37. The molecule has 0 radical (unpaired) electrons. The zero-order chi connectivity index (χ0) is 13.1. The van der Waals surface area contributed by atoms with Crippen LogP contribution in [0.15, 0.2) is 0 Å². The molecule has 0 spiro atoms. The predicted octanol–water partition coefficient (Wildman–Crippen LogP) is 2.62. The Balaban J connectivity index is 1.90. The topological polar surface area (TPSA) is 44.1 Å². The second kappa shape index (κ2) is 5.84. The number of rotatable bonds is 3. The summed E-state index contributed by atoms with van der Waals surface area (Å²) >= 11 is 0. The summed E-state index contributed by atoms with van der Waals surface area (Å²) in [6.45, 7) is 6.92. The number of likely N-dealkylation sites (tertiary alicyclic amines) is 1. The molecule has 3 unspecified atom stereocenters. The van der Waals surface area contributed by atoms with Crippen molar-refractivity contribution in [2.45, 2.75) is 52.0 Å². The molecule has 2 rings (SSSR count). The second-order valence-electron chi connectivity index (χ2n) is 6.21. The first-order valence-electron chi connectivity index (χ1n) is 7.25. The first kappa shape index (κ1) is 13.5. The van der Waals surface area contributed by atoms with Crippen LogP contribution in [0, 0.1) is 29.1 Å². The average Bonchev–Trinajstić information content (AvgIpc) is 2.37. The number of nitriles is 1. The maximum atomic E-state index is 11.8. The normalized spacial score (nSPS) is 32.9. The largest absolute Gasteiger partial charge is 0.301 e. The van der Waals surface area contributed by atoms with Crippen LogP contribution in [-0.2, 0) is 4.79 Å². The molecule has 1 saturated heterocycles. The van der Waals surface area contributed by atoms with E-state index in [-0.39, 0.29) is 18.1 Å². The molecule has 18 heavy (non-hydrogen) atoms. The van der Waals surface area contributed by atoms with Gasteiger partial charge in [0.1, 0.15) is 5.78 Å². The third-order valence-corrected chi connectivity index (χ3v) is 4.83. The van der Waals surface area contributed by atoms with Crippen LogP contribution < -0.4 is 0 Å². The molecular weight excluding hydrogens is 224 g/mol. The lowest BCUT2D eigenvalue weighted by Gasteiger charge is -2.44. The summed E-state index contributed by atoms with van der Waals surface area (Å²) in [5.41, 5.74) is 0. The van der Waals surface area contributed by atoms with Crippen molar-refractivity contribution in [3.63, 3.8) is 0 Å². The molecule has 2 aliphatic rings. The van der Waals surface area contributed by atoms with Crippen LogP contribution in [0.1, 0.15) is 46.0 Å². The summed E-state index contributed by atoms with van der Waals surface area (Å²) in [6.07, 6.45) is 4.57. The van der Waals surface area contributed by atoms with Gasteiger partial charge in [0, 0.05) is 18.5 Å². The van der Waals surface area contributed by atoms with Gasteiger partial charge in [-0.2, -0.15) is 5.26 Å². The lowest BCUT2D eigenvalue weighted by Crippen LogP contribution is -2.46. The quantitative estimate of drug-likeness (QED) is 0.771. The van der Waals surface area contributed by atoms with Gasteiger partial charge in [0.25, 0.3) is 0 Å². The van der Waals surface area contributed by atoms with Gasteiger partial charge in [-0.05, 0) is 57.9 Å². The third-order valence-electron chi connectivity index (χ3n) is 4.83. The van der Waals surface area contributed by atoms with Crippen molar-refractivity contribution in [1.82, 2.24) is 4.90 Å². The molecule has 1 heterocycles. The molecule has 3 nitrogen and oxygen atoms in total. The number of carbonyl (C=O) groups excluding carboxylic acids is 1. The predicted molar refractivity (Wildman–Crippen MR) is 70.9 cm³/mol. The van der Waals surface area contributed by atoms with Crippen molar-refractivity contribution in [1.29, 1.82) is 5.26 Å². The van der Waals surface area contributed by atoms with Crippen LogP contribution in [0.3, 0.4) is 0 Å². The third kappa shape index (κ3) is 2.92. The molecule has 100 valence electrons. The average molecular weight is 248 g/mol. The molecule has 0 N–H and O–H groups in total. The molecule has 0 aromatic heterocycles. The standard InChI is InChI=1S/C15H24N2O/c1-11(2)17-8-6-12-9-13(15(18)5-7-16)3-4-14(12)10-17/h11-14H,3-6,8-10H2,1-2H3. The summed E-state index contributed by atoms with van der Waals surface area (Å²) in [6, 6.07) is 2.64. The fourth-order valence-electron chi connectivity index (χ4n) is 3.63. The molecule has 0 bridgehead atoms. The molecule has 1 aliphatic heterocycles. The van der Waals surface area contributed by atoms with Gasteiger partial charge in [-0.3, -0.25) is 4.79 Å². The minimum Gasteiger partial charge on any atom is -0.301 e. The van der Waals surface area contributed by atoms with Gasteiger partial charge in [0.15, 0.2) is 0 Å². The minimum absolute atomic E-state index is 0.111. The maximum absolute atomic E-state index is 11.8. The summed E-state index contributed by atoms with van der Waals surface area (Å²) in [7, 11) is 0. The molecule has 2 fully saturated rings. The SMILES string of the molecule is CC(C)N1CCC2CC(C(=O)CC#N)CCC2C1. The monoisotopic (exact) mass is 248 g/mol. The van der Waals surface area contributed by atoms with Crippen molar-refractivity contribution in [3.8, 4) is 6.07 Å². The Morgan fingerprint density at radius 2 is 2.11 bits per heavy atom. The number of piperidine rings is 1. The van der Waals surface area contributed by atoms with Crippen molar-refractivity contribution in [2.75, 3.05) is 13.1 Å². The first-order chi connectivity index (χ1) is 8.61. The van der Waals surface area contributed by atoms with Gasteiger partial charge in [-0.25, -0.2) is 0 Å². The van der Waals surface area contributed by atoms with Crippen LogP contribution in [0.25, 0.3) is 0 Å². The molecule has 3 atom stereocenters. The molecule has 0 amide bonds. The van der Waals surface area contributed by atoms with E-state index in [1.165, 1.54) is 25.9 Å². The Hall–Kier alpha value is -0.880. The number of ketones is 1. The van der Waals surface area contributed by atoms with E-state index in [0.29, 0.717) is 6.04 Å². The fourth-order valence-corrected chi connectivity index (χ4v) is 3.63. The fraction of sp³-hybridized carbons (Fsp3) is 0.867.